The van der Waals surface area contributed by atoms with E-state index in [2.05, 4.69) is 21.1 Å². The number of hydrazine groups is 1. The molecule has 0 fully saturated rings. The van der Waals surface area contributed by atoms with Gasteiger partial charge in [-0.25, -0.2) is 5.43 Å². The number of aromatic nitrogens is 2. The van der Waals surface area contributed by atoms with Crippen molar-refractivity contribution in [1.82, 2.24) is 15.0 Å². The molecule has 0 saturated heterocycles. The molecule has 1 atom stereocenters. The molecule has 6 heteroatoms. The van der Waals surface area contributed by atoms with Crippen LogP contribution in [0.3, 0.4) is 0 Å². The van der Waals surface area contributed by atoms with Crippen molar-refractivity contribution < 1.29 is 4.74 Å². The van der Waals surface area contributed by atoms with Crippen molar-refractivity contribution in [2.24, 2.45) is 5.84 Å². The summed E-state index contributed by atoms with van der Waals surface area (Å²) >= 11 is 1.32. The fourth-order valence-corrected chi connectivity index (χ4v) is 2.75. The zero-order valence-electron chi connectivity index (χ0n) is 9.80. The summed E-state index contributed by atoms with van der Waals surface area (Å²) < 4.78 is 9.68. The Kier molecular flexibility index (Phi) is 3.22. The molecule has 1 aromatic carbocycles. The molecule has 0 bridgehead atoms. The molecular formula is C12H14N4OS. The second kappa shape index (κ2) is 5.01. The lowest BCUT2D eigenvalue weighted by Gasteiger charge is -2.23. The predicted octanol–water partition coefficient (Wildman–Crippen LogP) is 1.42. The fourth-order valence-electron chi connectivity index (χ4n) is 2.27. The first kappa shape index (κ1) is 11.6. The average Bonchev–Trinajstić information content (AvgIpc) is 2.94. The van der Waals surface area contributed by atoms with E-state index in [0.717, 1.165) is 36.5 Å². The number of benzene rings is 1. The van der Waals surface area contributed by atoms with Gasteiger partial charge in [0.15, 0.2) is 0 Å². The number of aryl methyl sites for hydroxylation is 1. The van der Waals surface area contributed by atoms with Gasteiger partial charge in [-0.1, -0.05) is 22.7 Å². The lowest BCUT2D eigenvalue weighted by Crippen LogP contribution is -2.30. The molecule has 0 aliphatic carbocycles. The average molecular weight is 262 g/mol. The van der Waals surface area contributed by atoms with E-state index in [1.54, 1.807) is 0 Å². The molecule has 3 N–H and O–H groups in total. The van der Waals surface area contributed by atoms with Crippen molar-refractivity contribution in [3.05, 3.63) is 40.4 Å². The summed E-state index contributed by atoms with van der Waals surface area (Å²) in [5.74, 6) is 6.60. The first-order chi connectivity index (χ1) is 8.90. The minimum absolute atomic E-state index is 0.170. The van der Waals surface area contributed by atoms with Crippen LogP contribution in [-0.2, 0) is 6.42 Å². The number of nitrogens with one attached hydrogen (secondary N) is 1. The number of nitrogens with two attached hydrogens (primary N) is 1. The van der Waals surface area contributed by atoms with Gasteiger partial charge in [-0.15, -0.1) is 5.10 Å². The molecule has 0 amide bonds. The standard InChI is InChI=1S/C12H14N4OS/c13-14-11(10-7-18-16-15-10)9-5-1-3-8-4-2-6-17-12(8)9/h1,3,5,7,11,14H,2,4,6,13H2. The molecule has 1 aromatic heterocycles. The van der Waals surface area contributed by atoms with Crippen LogP contribution in [-0.4, -0.2) is 16.2 Å². The summed E-state index contributed by atoms with van der Waals surface area (Å²) in [6, 6.07) is 5.99. The SMILES string of the molecule is NNC(c1csnn1)c1cccc2c1OCCC2. The van der Waals surface area contributed by atoms with Crippen LogP contribution in [0.5, 0.6) is 5.75 Å². The molecule has 1 aliphatic heterocycles. The van der Waals surface area contributed by atoms with Crippen molar-refractivity contribution in [3.63, 3.8) is 0 Å². The van der Waals surface area contributed by atoms with E-state index < -0.39 is 0 Å². The van der Waals surface area contributed by atoms with E-state index in [4.69, 9.17) is 10.6 Å². The Morgan fingerprint density at radius 1 is 1.44 bits per heavy atom. The van der Waals surface area contributed by atoms with E-state index >= 15 is 0 Å². The third kappa shape index (κ3) is 1.98. The van der Waals surface area contributed by atoms with E-state index in [9.17, 15) is 0 Å². The van der Waals surface area contributed by atoms with Gasteiger partial charge in [-0.2, -0.15) is 0 Å². The summed E-state index contributed by atoms with van der Waals surface area (Å²) in [5, 5.41) is 5.98. The predicted molar refractivity (Wildman–Crippen MR) is 69.3 cm³/mol. The van der Waals surface area contributed by atoms with E-state index in [1.165, 1.54) is 17.1 Å². The van der Waals surface area contributed by atoms with Gasteiger partial charge in [-0.3, -0.25) is 5.84 Å². The summed E-state index contributed by atoms with van der Waals surface area (Å²) in [5.41, 5.74) is 5.89. The highest BCUT2D eigenvalue weighted by molar-refractivity contribution is 7.03. The molecule has 94 valence electrons. The molecule has 1 unspecified atom stereocenters. The zero-order valence-corrected chi connectivity index (χ0v) is 10.6. The molecule has 0 saturated carbocycles. The minimum atomic E-state index is -0.170. The van der Waals surface area contributed by atoms with Gasteiger partial charge in [0.05, 0.1) is 18.3 Å². The third-order valence-corrected chi connectivity index (χ3v) is 3.64. The third-order valence-electron chi connectivity index (χ3n) is 3.11. The van der Waals surface area contributed by atoms with Gasteiger partial charge in [0.2, 0.25) is 0 Å². The van der Waals surface area contributed by atoms with Crippen molar-refractivity contribution in [3.8, 4) is 5.75 Å². The first-order valence-corrected chi connectivity index (χ1v) is 6.71. The molecule has 0 radical (unpaired) electrons. The quantitative estimate of drug-likeness (QED) is 0.646. The van der Waals surface area contributed by atoms with Crippen molar-refractivity contribution in [2.75, 3.05) is 6.61 Å². The topological polar surface area (TPSA) is 73.1 Å². The molecular weight excluding hydrogens is 248 g/mol. The summed E-state index contributed by atoms with van der Waals surface area (Å²) in [6.07, 6.45) is 2.12. The maximum Gasteiger partial charge on any atom is 0.127 e. The lowest BCUT2D eigenvalue weighted by atomic mass is 9.97. The number of hydrogen-bond acceptors (Lipinski definition) is 6. The Morgan fingerprint density at radius 3 is 3.17 bits per heavy atom. The first-order valence-electron chi connectivity index (χ1n) is 5.88. The Bertz CT molecular complexity index is 529. The summed E-state index contributed by atoms with van der Waals surface area (Å²) in [7, 11) is 0. The number of rotatable bonds is 3. The Balaban J connectivity index is 2.05. The van der Waals surface area contributed by atoms with E-state index in [-0.39, 0.29) is 6.04 Å². The molecule has 2 aromatic rings. The molecule has 0 spiro atoms. The van der Waals surface area contributed by atoms with Gasteiger partial charge in [0.25, 0.3) is 0 Å². The maximum atomic E-state index is 5.80. The van der Waals surface area contributed by atoms with Gasteiger partial charge in [0, 0.05) is 10.9 Å². The monoisotopic (exact) mass is 262 g/mol. The Labute approximate surface area is 109 Å². The molecule has 2 heterocycles. The lowest BCUT2D eigenvalue weighted by molar-refractivity contribution is 0.283. The van der Waals surface area contributed by atoms with Crippen LogP contribution < -0.4 is 16.0 Å². The highest BCUT2D eigenvalue weighted by Crippen LogP contribution is 2.34. The maximum absolute atomic E-state index is 5.80. The number of para-hydroxylation sites is 1. The van der Waals surface area contributed by atoms with Crippen LogP contribution in [0, 0.1) is 0 Å². The van der Waals surface area contributed by atoms with Gasteiger partial charge >= 0.3 is 0 Å². The number of hydrogen-bond donors (Lipinski definition) is 2. The van der Waals surface area contributed by atoms with Crippen LogP contribution in [0.2, 0.25) is 0 Å². The Morgan fingerprint density at radius 2 is 2.39 bits per heavy atom. The number of fused-ring (bicyclic) bond motifs is 1. The van der Waals surface area contributed by atoms with E-state index in [0.29, 0.717) is 0 Å². The van der Waals surface area contributed by atoms with Crippen LogP contribution in [0.1, 0.15) is 29.3 Å². The molecule has 18 heavy (non-hydrogen) atoms. The smallest absolute Gasteiger partial charge is 0.127 e. The second-order valence-corrected chi connectivity index (χ2v) is 4.83. The number of ether oxygens (including phenoxy) is 1. The van der Waals surface area contributed by atoms with E-state index in [1.807, 2.05) is 17.5 Å². The molecule has 3 rings (SSSR count). The van der Waals surface area contributed by atoms with Gasteiger partial charge in [-0.05, 0) is 29.9 Å². The second-order valence-electron chi connectivity index (χ2n) is 4.22. The van der Waals surface area contributed by atoms with Crippen molar-refractivity contribution in [1.29, 1.82) is 0 Å². The zero-order chi connectivity index (χ0) is 12.4. The van der Waals surface area contributed by atoms with Crippen LogP contribution in [0.25, 0.3) is 0 Å². The normalized spacial score (nSPS) is 15.8. The number of nitrogens with zero attached hydrogens (tertiary/aromatic N) is 2. The van der Waals surface area contributed by atoms with Crippen molar-refractivity contribution in [2.45, 2.75) is 18.9 Å². The minimum Gasteiger partial charge on any atom is -0.493 e. The summed E-state index contributed by atoms with van der Waals surface area (Å²) in [4.78, 5) is 0. The largest absolute Gasteiger partial charge is 0.493 e. The highest BCUT2D eigenvalue weighted by atomic mass is 32.1. The fraction of sp³-hybridized carbons (Fsp3) is 0.333. The Hall–Kier alpha value is -1.50. The van der Waals surface area contributed by atoms with Crippen LogP contribution in [0.4, 0.5) is 0 Å². The van der Waals surface area contributed by atoms with Gasteiger partial charge < -0.3 is 4.74 Å². The molecule has 1 aliphatic rings. The van der Waals surface area contributed by atoms with Crippen molar-refractivity contribution >= 4 is 11.5 Å². The van der Waals surface area contributed by atoms with Crippen LogP contribution in [0.15, 0.2) is 23.6 Å². The highest BCUT2D eigenvalue weighted by Gasteiger charge is 2.23. The molecule has 5 nitrogen and oxygen atoms in total. The van der Waals surface area contributed by atoms with Gasteiger partial charge in [0.1, 0.15) is 5.75 Å². The summed E-state index contributed by atoms with van der Waals surface area (Å²) in [6.45, 7) is 0.761. The van der Waals surface area contributed by atoms with Crippen LogP contribution >= 0.6 is 11.5 Å².